The van der Waals surface area contributed by atoms with Gasteiger partial charge in [0, 0.05) is 28.4 Å². The van der Waals surface area contributed by atoms with Crippen molar-refractivity contribution in [2.45, 2.75) is 64.8 Å². The van der Waals surface area contributed by atoms with Crippen molar-refractivity contribution >= 4 is 51.4 Å². The first kappa shape index (κ1) is 46.2. The quantitative estimate of drug-likeness (QED) is 0.135. The molecule has 0 aliphatic heterocycles. The van der Waals surface area contributed by atoms with E-state index in [1.807, 2.05) is 0 Å². The monoisotopic (exact) mass is 930 g/mol. The van der Waals surface area contributed by atoms with Crippen LogP contribution in [0.15, 0.2) is 237 Å². The summed E-state index contributed by atoms with van der Waals surface area (Å²) in [5.41, 5.74) is 18.1. The lowest BCUT2D eigenvalue weighted by molar-refractivity contribution is 0.590. The molecule has 0 bridgehead atoms. The van der Waals surface area contributed by atoms with Crippen LogP contribution in [-0.2, 0) is 10.8 Å². The van der Waals surface area contributed by atoms with Gasteiger partial charge in [-0.2, -0.15) is 0 Å². The van der Waals surface area contributed by atoms with Gasteiger partial charge in [-0.05, 0) is 155 Å². The van der Waals surface area contributed by atoms with Crippen LogP contribution in [0.4, 0.5) is 28.4 Å². The molecule has 0 N–H and O–H groups in total. The van der Waals surface area contributed by atoms with Gasteiger partial charge in [0.15, 0.2) is 0 Å². The Labute approximate surface area is 426 Å². The smallest absolute Gasteiger partial charge is 0.0566 e. The average Bonchev–Trinajstić information content (AvgIpc) is 3.41. The van der Waals surface area contributed by atoms with Crippen LogP contribution in [0.25, 0.3) is 67.4 Å². The highest BCUT2D eigenvalue weighted by Crippen LogP contribution is 2.44. The number of benzene rings is 10. The van der Waals surface area contributed by atoms with Crippen molar-refractivity contribution < 1.29 is 0 Å². The Morgan fingerprint density at radius 1 is 0.347 bits per heavy atom. The van der Waals surface area contributed by atoms with E-state index in [0.717, 1.165) is 23.5 Å². The lowest BCUT2D eigenvalue weighted by atomic mass is 9.81. The summed E-state index contributed by atoms with van der Waals surface area (Å²) in [5, 5.41) is 4.92. The summed E-state index contributed by atoms with van der Waals surface area (Å²) in [7, 11) is 0. The second kappa shape index (κ2) is 19.2. The molecule has 0 aromatic heterocycles. The Bertz CT molecular complexity index is 3640. The van der Waals surface area contributed by atoms with Crippen molar-refractivity contribution in [1.82, 2.24) is 0 Å². The number of anilines is 5. The van der Waals surface area contributed by atoms with Crippen LogP contribution in [-0.4, -0.2) is 6.04 Å². The maximum atomic E-state index is 2.59. The van der Waals surface area contributed by atoms with E-state index < -0.39 is 0 Å². The third-order valence-corrected chi connectivity index (χ3v) is 14.5. The van der Waals surface area contributed by atoms with Crippen LogP contribution in [0.5, 0.6) is 0 Å². The molecule has 10 aromatic rings. The first-order valence-corrected chi connectivity index (χ1v) is 25.5. The van der Waals surface area contributed by atoms with E-state index in [-0.39, 0.29) is 16.9 Å². The lowest BCUT2D eigenvalue weighted by Crippen LogP contribution is -2.40. The van der Waals surface area contributed by atoms with Gasteiger partial charge in [0.25, 0.3) is 0 Å². The number of hydrogen-bond donors (Lipinski definition) is 0. The fraction of sp³-hybridized carbons (Fsp3) is 0.143. The minimum absolute atomic E-state index is 0.0154. The predicted molar refractivity (Wildman–Crippen MR) is 309 cm³/mol. The minimum Gasteiger partial charge on any atom is -0.334 e. The van der Waals surface area contributed by atoms with Crippen LogP contribution in [0.3, 0.4) is 0 Å². The molecule has 10 aromatic carbocycles. The molecule has 11 rings (SSSR count). The van der Waals surface area contributed by atoms with Gasteiger partial charge in [-0.15, -0.1) is 0 Å². The first-order chi connectivity index (χ1) is 35.0. The van der Waals surface area contributed by atoms with E-state index in [0.29, 0.717) is 0 Å². The standard InChI is InChI=1S/C70H62N2/c1-69(2,3)51-35-39-55(40-36-51)71(53-27-15-9-16-28-53)57-43-45-63-65(47-57)67(61-33-21-19-31-59(61)49-23-11-7-12-24-49)64-46-44-58(48-66(64)68(63)62-34-22-20-32-60(62)50-25-13-8-14-26-50)72(54-29-17-10-18-30-54)56-41-37-52(38-42-56)70(4,5)6/h7-43,45-48,58H,44H2,1-6H3. The fourth-order valence-electron chi connectivity index (χ4n) is 10.8. The molecule has 0 fully saturated rings. The van der Waals surface area contributed by atoms with Gasteiger partial charge in [0.2, 0.25) is 0 Å². The van der Waals surface area contributed by atoms with Crippen LogP contribution in [0.2, 0.25) is 0 Å². The molecule has 0 saturated heterocycles. The van der Waals surface area contributed by atoms with Crippen LogP contribution in [0, 0.1) is 0 Å². The molecule has 2 nitrogen and oxygen atoms in total. The molecule has 1 aliphatic carbocycles. The molecule has 0 radical (unpaired) electrons. The lowest BCUT2D eigenvalue weighted by Gasteiger charge is -2.34. The van der Waals surface area contributed by atoms with Crippen LogP contribution < -0.4 is 20.2 Å². The first-order valence-electron chi connectivity index (χ1n) is 25.5. The maximum Gasteiger partial charge on any atom is 0.0566 e. The van der Waals surface area contributed by atoms with E-state index >= 15 is 0 Å². The van der Waals surface area contributed by atoms with E-state index in [9.17, 15) is 0 Å². The van der Waals surface area contributed by atoms with Crippen molar-refractivity contribution in [3.8, 4) is 44.5 Å². The molecule has 1 atom stereocenters. The van der Waals surface area contributed by atoms with E-state index in [1.54, 1.807) is 0 Å². The Kier molecular flexibility index (Phi) is 12.3. The summed E-state index contributed by atoms with van der Waals surface area (Å²) in [4.78, 5) is 4.97. The van der Waals surface area contributed by atoms with Gasteiger partial charge in [-0.1, -0.05) is 230 Å². The van der Waals surface area contributed by atoms with E-state index in [2.05, 4.69) is 300 Å². The van der Waals surface area contributed by atoms with Crippen molar-refractivity contribution in [2.75, 3.05) is 9.80 Å². The number of rotatable bonds is 10. The van der Waals surface area contributed by atoms with Crippen molar-refractivity contribution in [3.05, 3.63) is 258 Å². The Morgan fingerprint density at radius 2 is 0.736 bits per heavy atom. The summed E-state index contributed by atoms with van der Waals surface area (Å²) in [5.74, 6) is 0. The largest absolute Gasteiger partial charge is 0.334 e. The van der Waals surface area contributed by atoms with Crippen molar-refractivity contribution in [1.29, 1.82) is 0 Å². The highest BCUT2D eigenvalue weighted by molar-refractivity contribution is 6.11. The molecule has 0 spiro atoms. The molecule has 0 saturated carbocycles. The summed E-state index contributed by atoms with van der Waals surface area (Å²) in [6.45, 7) is 13.7. The number of para-hydroxylation sites is 2. The topological polar surface area (TPSA) is 6.48 Å². The zero-order chi connectivity index (χ0) is 49.4. The maximum absolute atomic E-state index is 2.59. The zero-order valence-corrected chi connectivity index (χ0v) is 42.4. The normalized spacial score (nSPS) is 13.4. The molecule has 352 valence electrons. The van der Waals surface area contributed by atoms with Crippen molar-refractivity contribution in [3.63, 3.8) is 0 Å². The third kappa shape index (κ3) is 8.95. The summed E-state index contributed by atoms with van der Waals surface area (Å²) < 4.78 is 0. The molecule has 0 amide bonds. The van der Waals surface area contributed by atoms with Gasteiger partial charge in [0.05, 0.1) is 6.04 Å². The summed E-state index contributed by atoms with van der Waals surface area (Å²) >= 11 is 0. The van der Waals surface area contributed by atoms with Gasteiger partial charge in [-0.3, -0.25) is 0 Å². The second-order valence-corrected chi connectivity index (χ2v) is 21.3. The van der Waals surface area contributed by atoms with E-state index in [4.69, 9.17) is 0 Å². The third-order valence-electron chi connectivity index (χ3n) is 14.5. The molecular formula is C70H62N2. The van der Waals surface area contributed by atoms with Gasteiger partial charge < -0.3 is 9.80 Å². The van der Waals surface area contributed by atoms with Crippen molar-refractivity contribution in [2.24, 2.45) is 0 Å². The molecule has 0 heterocycles. The Hall–Kier alpha value is -8.20. The van der Waals surface area contributed by atoms with Crippen LogP contribution in [0.1, 0.15) is 59.1 Å². The van der Waals surface area contributed by atoms with Gasteiger partial charge in [0.1, 0.15) is 0 Å². The minimum atomic E-state index is 0.0154. The van der Waals surface area contributed by atoms with Crippen LogP contribution >= 0.6 is 0 Å². The summed E-state index contributed by atoms with van der Waals surface area (Å²) in [6, 6.07) is 87.3. The Morgan fingerprint density at radius 3 is 1.24 bits per heavy atom. The van der Waals surface area contributed by atoms with Gasteiger partial charge >= 0.3 is 0 Å². The SMILES string of the molecule is CC(C)(C)c1ccc(N(c2ccccc2)c2ccc3c(-c4ccccc4-c4ccccc4)c4c(c(-c5ccccc5-c5ccccc5)c3c2)=CCC(N(c2ccccc2)c2ccc(C(C)(C)C)cc2)C=4)cc1. The predicted octanol–water partition coefficient (Wildman–Crippen LogP) is 17.7. The molecule has 1 aliphatic rings. The number of hydrogen-bond acceptors (Lipinski definition) is 2. The zero-order valence-electron chi connectivity index (χ0n) is 42.4. The Balaban J connectivity index is 1.25. The molecule has 2 heteroatoms. The number of nitrogens with zero attached hydrogens (tertiary/aromatic N) is 2. The summed E-state index contributed by atoms with van der Waals surface area (Å²) in [6.07, 6.45) is 5.95. The van der Waals surface area contributed by atoms with E-state index in [1.165, 1.54) is 88.2 Å². The van der Waals surface area contributed by atoms with Gasteiger partial charge in [-0.25, -0.2) is 0 Å². The highest BCUT2D eigenvalue weighted by Gasteiger charge is 2.27. The fourth-order valence-corrected chi connectivity index (χ4v) is 10.8. The second-order valence-electron chi connectivity index (χ2n) is 21.3. The highest BCUT2D eigenvalue weighted by atomic mass is 15.2. The molecule has 1 unspecified atom stereocenters. The average molecular weight is 931 g/mol. The molecule has 72 heavy (non-hydrogen) atoms. The molecular weight excluding hydrogens is 869 g/mol. The number of fused-ring (bicyclic) bond motifs is 2.